The number of likely N-dealkylation sites (N-methyl/N-ethyl adjacent to an activating group) is 1. The molecule has 27 heavy (non-hydrogen) atoms. The minimum absolute atomic E-state index is 0.0421. The lowest BCUT2D eigenvalue weighted by atomic mass is 9.49. The van der Waals surface area contributed by atoms with Gasteiger partial charge in [-0.25, -0.2) is 0 Å². The molecule has 1 aromatic heterocycles. The van der Waals surface area contributed by atoms with Gasteiger partial charge >= 0.3 is 0 Å². The second kappa shape index (κ2) is 6.99. The first-order valence-electron chi connectivity index (χ1n) is 10.4. The van der Waals surface area contributed by atoms with Gasteiger partial charge in [0.25, 0.3) is 0 Å². The number of rotatable bonds is 6. The smallest absolute Gasteiger partial charge is 0.245 e. The van der Waals surface area contributed by atoms with Gasteiger partial charge in [-0.2, -0.15) is 0 Å². The largest absolute Gasteiger partial charge is 0.467 e. The van der Waals surface area contributed by atoms with Crippen LogP contribution in [-0.2, 0) is 16.1 Å². The lowest BCUT2D eigenvalue weighted by Crippen LogP contribution is -2.58. The zero-order valence-electron chi connectivity index (χ0n) is 16.7. The highest BCUT2D eigenvalue weighted by Gasteiger charge is 2.55. The molecule has 0 aliphatic heterocycles. The van der Waals surface area contributed by atoms with Crippen molar-refractivity contribution in [3.63, 3.8) is 0 Å². The summed E-state index contributed by atoms with van der Waals surface area (Å²) in [6.07, 6.45) is 8.60. The van der Waals surface area contributed by atoms with Gasteiger partial charge < -0.3 is 14.6 Å². The summed E-state index contributed by atoms with van der Waals surface area (Å²) in [5.41, 5.74) is -0.220. The Morgan fingerprint density at radius 1 is 1.19 bits per heavy atom. The third-order valence-electron chi connectivity index (χ3n) is 7.09. The van der Waals surface area contributed by atoms with Crippen molar-refractivity contribution in [2.24, 2.45) is 29.1 Å². The molecule has 2 amide bonds. The minimum Gasteiger partial charge on any atom is -0.467 e. The molecule has 4 aliphatic carbocycles. The van der Waals surface area contributed by atoms with E-state index in [-0.39, 0.29) is 23.1 Å². The number of hydrogen-bond donors (Lipinski definition) is 1. The molecule has 148 valence electrons. The van der Waals surface area contributed by atoms with Crippen molar-refractivity contribution < 1.29 is 14.0 Å². The highest BCUT2D eigenvalue weighted by atomic mass is 16.3. The van der Waals surface area contributed by atoms with E-state index in [0.717, 1.165) is 42.8 Å². The Morgan fingerprint density at radius 2 is 1.78 bits per heavy atom. The van der Waals surface area contributed by atoms with E-state index in [1.807, 2.05) is 26.0 Å². The van der Waals surface area contributed by atoms with Gasteiger partial charge in [0.05, 0.1) is 12.8 Å². The molecule has 0 aromatic carbocycles. The van der Waals surface area contributed by atoms with Crippen molar-refractivity contribution in [3.8, 4) is 0 Å². The van der Waals surface area contributed by atoms with Crippen LogP contribution in [0.3, 0.4) is 0 Å². The molecule has 1 unspecified atom stereocenters. The van der Waals surface area contributed by atoms with Crippen LogP contribution in [0.4, 0.5) is 0 Å². The third-order valence-corrected chi connectivity index (χ3v) is 7.09. The molecule has 1 atom stereocenters. The number of hydrogen-bond acceptors (Lipinski definition) is 3. The maximum Gasteiger partial charge on any atom is 0.245 e. The SMILES string of the molecule is CC(C)C(NC(=O)C12CC3CC(CC(C3)C1)C2)C(=O)N(C)Cc1ccco1. The van der Waals surface area contributed by atoms with E-state index < -0.39 is 6.04 Å². The Bertz CT molecular complexity index is 659. The Morgan fingerprint density at radius 3 is 2.26 bits per heavy atom. The van der Waals surface area contributed by atoms with E-state index in [1.54, 1.807) is 18.2 Å². The highest BCUT2D eigenvalue weighted by molar-refractivity contribution is 5.90. The van der Waals surface area contributed by atoms with Crippen LogP contribution >= 0.6 is 0 Å². The van der Waals surface area contributed by atoms with Crippen LogP contribution in [-0.4, -0.2) is 29.8 Å². The van der Waals surface area contributed by atoms with E-state index in [2.05, 4.69) is 5.32 Å². The molecule has 1 aromatic rings. The summed E-state index contributed by atoms with van der Waals surface area (Å²) in [5.74, 6) is 3.04. The molecule has 4 saturated carbocycles. The van der Waals surface area contributed by atoms with Crippen LogP contribution in [0, 0.1) is 29.1 Å². The zero-order valence-corrected chi connectivity index (χ0v) is 16.7. The lowest BCUT2D eigenvalue weighted by Gasteiger charge is -2.56. The maximum atomic E-state index is 13.4. The van der Waals surface area contributed by atoms with Gasteiger partial charge in [0.1, 0.15) is 11.8 Å². The fraction of sp³-hybridized carbons (Fsp3) is 0.727. The number of carbonyl (C=O) groups is 2. The van der Waals surface area contributed by atoms with Crippen LogP contribution in [0.15, 0.2) is 22.8 Å². The standard InChI is InChI=1S/C22H32N2O3/c1-14(2)19(20(25)24(3)13-18-5-4-6-27-18)23-21(26)22-10-15-7-16(11-22)9-17(8-15)12-22/h4-6,14-17,19H,7-13H2,1-3H3,(H,23,26). The van der Waals surface area contributed by atoms with Crippen LogP contribution in [0.2, 0.25) is 0 Å². The van der Waals surface area contributed by atoms with Crippen molar-refractivity contribution in [2.45, 2.75) is 65.0 Å². The lowest BCUT2D eigenvalue weighted by molar-refractivity contribution is -0.150. The third kappa shape index (κ3) is 3.53. The second-order valence-electron chi connectivity index (χ2n) is 9.67. The Hall–Kier alpha value is -1.78. The summed E-state index contributed by atoms with van der Waals surface area (Å²) in [6, 6.07) is 3.20. The Kier molecular flexibility index (Phi) is 4.81. The van der Waals surface area contributed by atoms with Crippen molar-refractivity contribution >= 4 is 11.8 Å². The predicted octanol–water partition coefficient (Wildman–Crippen LogP) is 3.60. The van der Waals surface area contributed by atoms with Crippen LogP contribution in [0.25, 0.3) is 0 Å². The number of nitrogens with zero attached hydrogens (tertiary/aromatic N) is 1. The zero-order chi connectivity index (χ0) is 19.2. The molecule has 5 rings (SSSR count). The molecule has 4 aliphatic rings. The Labute approximate surface area is 161 Å². The van der Waals surface area contributed by atoms with Crippen LogP contribution in [0.5, 0.6) is 0 Å². The van der Waals surface area contributed by atoms with E-state index in [0.29, 0.717) is 6.54 Å². The summed E-state index contributed by atoms with van der Waals surface area (Å²) in [6.45, 7) is 4.43. The van der Waals surface area contributed by atoms with Gasteiger partial charge in [-0.15, -0.1) is 0 Å². The molecule has 5 nitrogen and oxygen atoms in total. The normalized spacial score (nSPS) is 32.5. The molecule has 0 saturated heterocycles. The number of carbonyl (C=O) groups excluding carboxylic acids is 2. The first kappa shape index (κ1) is 18.6. The predicted molar refractivity (Wildman–Crippen MR) is 103 cm³/mol. The maximum absolute atomic E-state index is 13.4. The summed E-state index contributed by atoms with van der Waals surface area (Å²) in [5, 5.41) is 3.17. The quantitative estimate of drug-likeness (QED) is 0.830. The summed E-state index contributed by atoms with van der Waals surface area (Å²) < 4.78 is 5.36. The van der Waals surface area contributed by atoms with Gasteiger partial charge in [-0.1, -0.05) is 13.8 Å². The van der Waals surface area contributed by atoms with Gasteiger partial charge in [0.15, 0.2) is 0 Å². The van der Waals surface area contributed by atoms with Gasteiger partial charge in [-0.3, -0.25) is 9.59 Å². The van der Waals surface area contributed by atoms with Crippen molar-refractivity contribution in [2.75, 3.05) is 7.05 Å². The van der Waals surface area contributed by atoms with Crippen molar-refractivity contribution in [3.05, 3.63) is 24.2 Å². The molecule has 5 heteroatoms. The summed E-state index contributed by atoms with van der Waals surface area (Å²) >= 11 is 0. The monoisotopic (exact) mass is 372 g/mol. The number of amides is 2. The first-order valence-corrected chi connectivity index (χ1v) is 10.4. The average molecular weight is 373 g/mol. The number of nitrogens with one attached hydrogen (secondary N) is 1. The topological polar surface area (TPSA) is 62.6 Å². The van der Waals surface area contributed by atoms with E-state index in [1.165, 1.54) is 19.3 Å². The molecule has 4 fully saturated rings. The summed E-state index contributed by atoms with van der Waals surface area (Å²) in [7, 11) is 1.77. The summed E-state index contributed by atoms with van der Waals surface area (Å²) in [4.78, 5) is 28.1. The first-order chi connectivity index (χ1) is 12.9. The fourth-order valence-electron chi connectivity index (χ4n) is 6.15. The van der Waals surface area contributed by atoms with Crippen molar-refractivity contribution in [1.82, 2.24) is 10.2 Å². The van der Waals surface area contributed by atoms with Crippen LogP contribution in [0.1, 0.15) is 58.1 Å². The van der Waals surface area contributed by atoms with E-state index in [9.17, 15) is 9.59 Å². The Balaban J connectivity index is 1.45. The molecule has 0 spiro atoms. The molecular formula is C22H32N2O3. The molecule has 0 radical (unpaired) electrons. The van der Waals surface area contributed by atoms with Gasteiger partial charge in [0.2, 0.25) is 11.8 Å². The van der Waals surface area contributed by atoms with Gasteiger partial charge in [-0.05, 0) is 74.3 Å². The van der Waals surface area contributed by atoms with E-state index in [4.69, 9.17) is 4.42 Å². The van der Waals surface area contributed by atoms with Crippen LogP contribution < -0.4 is 5.32 Å². The second-order valence-corrected chi connectivity index (χ2v) is 9.67. The highest BCUT2D eigenvalue weighted by Crippen LogP contribution is 2.60. The van der Waals surface area contributed by atoms with E-state index >= 15 is 0 Å². The van der Waals surface area contributed by atoms with Crippen molar-refractivity contribution in [1.29, 1.82) is 0 Å². The average Bonchev–Trinajstić information content (AvgIpc) is 3.10. The van der Waals surface area contributed by atoms with Gasteiger partial charge in [0, 0.05) is 12.5 Å². The number of furan rings is 1. The fourth-order valence-corrected chi connectivity index (χ4v) is 6.15. The molecule has 1 N–H and O–H groups in total. The minimum atomic E-state index is -0.481. The molecular weight excluding hydrogens is 340 g/mol. The molecule has 4 bridgehead atoms. The molecule has 1 heterocycles.